The second kappa shape index (κ2) is 11.5. The molecule has 0 radical (unpaired) electrons. The summed E-state index contributed by atoms with van der Waals surface area (Å²) < 4.78 is 26.9. The van der Waals surface area contributed by atoms with Crippen molar-refractivity contribution in [2.45, 2.75) is 49.9 Å². The highest BCUT2D eigenvalue weighted by atomic mass is 19.1. The molecule has 43 heavy (non-hydrogen) atoms. The fourth-order valence-corrected chi connectivity index (χ4v) is 6.14. The van der Waals surface area contributed by atoms with Gasteiger partial charge < -0.3 is 25.2 Å². The second-order valence-electron chi connectivity index (χ2n) is 11.3. The van der Waals surface area contributed by atoms with E-state index < -0.39 is 18.0 Å². The number of rotatable bonds is 10. The lowest BCUT2D eigenvalue weighted by Crippen LogP contribution is -2.51. The van der Waals surface area contributed by atoms with Crippen LogP contribution >= 0.6 is 0 Å². The Morgan fingerprint density at radius 3 is 2.79 bits per heavy atom. The smallest absolute Gasteiger partial charge is 0.258 e. The van der Waals surface area contributed by atoms with Gasteiger partial charge in [0, 0.05) is 43.3 Å². The van der Waals surface area contributed by atoms with E-state index in [1.165, 1.54) is 47.8 Å². The average molecular weight is 588 g/mol. The molecule has 1 saturated carbocycles. The predicted octanol–water partition coefficient (Wildman–Crippen LogP) is 3.32. The molecule has 11 heteroatoms. The SMILES string of the molecule is C=CC(=O)[C@@]1(COc2c(N)ncnc2-c2cc(F)cc(N3CCc4cc(C5CC5)ccc4C3=O)c2CO)C[C@@H](OC)CN1. The number of amides is 1. The molecular formula is C32H34FN5O5. The minimum Gasteiger partial charge on any atom is -0.485 e. The summed E-state index contributed by atoms with van der Waals surface area (Å²) in [5.41, 5.74) is 8.74. The minimum absolute atomic E-state index is 0.0237. The maximum atomic E-state index is 15.3. The third kappa shape index (κ3) is 5.28. The largest absolute Gasteiger partial charge is 0.485 e. The average Bonchev–Trinajstić information content (AvgIpc) is 3.79. The number of methoxy groups -OCH3 is 1. The number of nitrogens with two attached hydrogens (primary N) is 1. The van der Waals surface area contributed by atoms with Crippen molar-refractivity contribution in [1.29, 1.82) is 0 Å². The van der Waals surface area contributed by atoms with Crippen LogP contribution < -0.4 is 20.7 Å². The van der Waals surface area contributed by atoms with Crippen LogP contribution in [0, 0.1) is 5.82 Å². The molecule has 224 valence electrons. The van der Waals surface area contributed by atoms with Crippen molar-refractivity contribution in [3.63, 3.8) is 0 Å². The molecule has 2 fully saturated rings. The summed E-state index contributed by atoms with van der Waals surface area (Å²) in [4.78, 5) is 36.5. The van der Waals surface area contributed by atoms with Gasteiger partial charge in [-0.15, -0.1) is 0 Å². The summed E-state index contributed by atoms with van der Waals surface area (Å²) in [6, 6.07) is 8.41. The van der Waals surface area contributed by atoms with Crippen LogP contribution in [0.15, 0.2) is 49.3 Å². The van der Waals surface area contributed by atoms with Crippen molar-refractivity contribution < 1.29 is 28.6 Å². The van der Waals surface area contributed by atoms with E-state index >= 15 is 4.39 Å². The number of carbonyl (C=O) groups is 2. The normalized spacial score (nSPS) is 21.5. The number of nitrogens with zero attached hydrogens (tertiary/aromatic N) is 3. The predicted molar refractivity (Wildman–Crippen MR) is 158 cm³/mol. The molecule has 0 bridgehead atoms. The van der Waals surface area contributed by atoms with Crippen molar-refractivity contribution in [3.8, 4) is 17.0 Å². The number of aromatic nitrogens is 2. The number of nitrogen functional groups attached to an aromatic ring is 1. The zero-order valence-electron chi connectivity index (χ0n) is 23.9. The highest BCUT2D eigenvalue weighted by molar-refractivity contribution is 6.09. The van der Waals surface area contributed by atoms with Gasteiger partial charge in [0.25, 0.3) is 5.91 Å². The molecule has 1 aromatic heterocycles. The van der Waals surface area contributed by atoms with Crippen molar-refractivity contribution in [1.82, 2.24) is 15.3 Å². The third-order valence-corrected chi connectivity index (χ3v) is 8.68. The van der Waals surface area contributed by atoms with Gasteiger partial charge in [-0.2, -0.15) is 0 Å². The van der Waals surface area contributed by atoms with Crippen molar-refractivity contribution in [2.24, 2.45) is 0 Å². The number of aliphatic hydroxyl groups excluding tert-OH is 1. The summed E-state index contributed by atoms with van der Waals surface area (Å²) >= 11 is 0. The van der Waals surface area contributed by atoms with Crippen LogP contribution in [0.3, 0.4) is 0 Å². The highest BCUT2D eigenvalue weighted by Gasteiger charge is 2.45. The summed E-state index contributed by atoms with van der Waals surface area (Å²) in [7, 11) is 1.57. The number of carbonyl (C=O) groups excluding carboxylic acids is 2. The lowest BCUT2D eigenvalue weighted by atomic mass is 9.92. The first-order chi connectivity index (χ1) is 20.8. The summed E-state index contributed by atoms with van der Waals surface area (Å²) in [6.07, 6.45) is 5.49. The number of ketones is 1. The Balaban J connectivity index is 1.36. The van der Waals surface area contributed by atoms with E-state index in [-0.39, 0.29) is 58.5 Å². The van der Waals surface area contributed by atoms with Crippen LogP contribution in [0.2, 0.25) is 0 Å². The maximum Gasteiger partial charge on any atom is 0.258 e. The Labute approximate surface area is 248 Å². The molecule has 2 aliphatic heterocycles. The van der Waals surface area contributed by atoms with E-state index in [4.69, 9.17) is 15.2 Å². The quantitative estimate of drug-likeness (QED) is 0.305. The zero-order valence-corrected chi connectivity index (χ0v) is 23.9. The fraction of sp³-hybridized carbons (Fsp3) is 0.375. The van der Waals surface area contributed by atoms with E-state index in [1.54, 1.807) is 7.11 Å². The van der Waals surface area contributed by atoms with Crippen molar-refractivity contribution in [2.75, 3.05) is 37.4 Å². The molecule has 2 aromatic carbocycles. The second-order valence-corrected chi connectivity index (χ2v) is 11.3. The molecule has 1 aliphatic carbocycles. The highest BCUT2D eigenvalue weighted by Crippen LogP contribution is 2.42. The molecule has 3 aromatic rings. The van der Waals surface area contributed by atoms with Gasteiger partial charge in [0.05, 0.1) is 18.4 Å². The number of fused-ring (bicyclic) bond motifs is 1. The number of aliphatic hydroxyl groups is 1. The van der Waals surface area contributed by atoms with E-state index in [0.29, 0.717) is 37.4 Å². The van der Waals surface area contributed by atoms with Gasteiger partial charge in [-0.25, -0.2) is 14.4 Å². The molecule has 3 heterocycles. The number of halogens is 1. The molecule has 0 unspecified atom stereocenters. The molecule has 10 nitrogen and oxygen atoms in total. The topological polar surface area (TPSA) is 140 Å². The third-order valence-electron chi connectivity index (χ3n) is 8.68. The van der Waals surface area contributed by atoms with Crippen LogP contribution in [-0.4, -0.2) is 65.2 Å². The monoisotopic (exact) mass is 587 g/mol. The van der Waals surface area contributed by atoms with Gasteiger partial charge in [0.1, 0.15) is 30.0 Å². The van der Waals surface area contributed by atoms with Gasteiger partial charge in [-0.05, 0) is 60.6 Å². The number of hydrogen-bond donors (Lipinski definition) is 3. The molecule has 3 aliphatic rings. The molecule has 4 N–H and O–H groups in total. The number of hydrogen-bond acceptors (Lipinski definition) is 9. The first kappa shape index (κ1) is 28.9. The lowest BCUT2D eigenvalue weighted by molar-refractivity contribution is -0.121. The Morgan fingerprint density at radius 1 is 1.28 bits per heavy atom. The number of benzene rings is 2. The van der Waals surface area contributed by atoms with E-state index in [2.05, 4.69) is 27.9 Å². The van der Waals surface area contributed by atoms with E-state index in [0.717, 1.165) is 5.56 Å². The van der Waals surface area contributed by atoms with Crippen LogP contribution in [0.5, 0.6) is 5.75 Å². The Morgan fingerprint density at radius 2 is 2.09 bits per heavy atom. The zero-order chi connectivity index (χ0) is 30.3. The van der Waals surface area contributed by atoms with Crippen molar-refractivity contribution in [3.05, 3.63) is 77.4 Å². The van der Waals surface area contributed by atoms with Gasteiger partial charge in [0.15, 0.2) is 17.4 Å². The van der Waals surface area contributed by atoms with Gasteiger partial charge >= 0.3 is 0 Å². The van der Waals surface area contributed by atoms with Gasteiger partial charge in [-0.3, -0.25) is 14.9 Å². The molecule has 1 amide bonds. The number of anilines is 2. The van der Waals surface area contributed by atoms with Crippen LogP contribution in [0.1, 0.15) is 52.2 Å². The molecule has 2 atom stereocenters. The number of ether oxygens (including phenoxy) is 2. The Hall–Kier alpha value is -4.19. The van der Waals surface area contributed by atoms with Gasteiger partial charge in [-0.1, -0.05) is 18.7 Å². The summed E-state index contributed by atoms with van der Waals surface area (Å²) in [5.74, 6) is -0.615. The van der Waals surface area contributed by atoms with Crippen molar-refractivity contribution >= 4 is 23.2 Å². The molecular weight excluding hydrogens is 553 g/mol. The fourth-order valence-electron chi connectivity index (χ4n) is 6.14. The minimum atomic E-state index is -1.12. The summed E-state index contributed by atoms with van der Waals surface area (Å²) in [6.45, 7) is 3.72. The van der Waals surface area contributed by atoms with Crippen LogP contribution in [0.4, 0.5) is 15.9 Å². The lowest BCUT2D eigenvalue weighted by Gasteiger charge is -2.31. The molecule has 1 saturated heterocycles. The standard InChI is InChI=1S/C32H34FN5O5/c1-3-27(40)32(13-22(42-2)14-37-32)16-43-29-28(35-17-36-30(29)34)24-11-21(33)12-26(25(24)15-39)38-9-8-20-10-19(18-4-5-18)6-7-23(20)31(38)41/h3,6-7,10-12,17-18,22,37,39H,1,4-5,8-9,13-16H2,2H3,(H2,34,35,36)/t22-,32+/m1/s1. The van der Waals surface area contributed by atoms with E-state index in [9.17, 15) is 14.7 Å². The number of nitrogens with one attached hydrogen (secondary N) is 1. The first-order valence-electron chi connectivity index (χ1n) is 14.3. The van der Waals surface area contributed by atoms with E-state index in [1.807, 2.05) is 12.1 Å². The molecule has 6 rings (SSSR count). The van der Waals surface area contributed by atoms with Crippen LogP contribution in [0.25, 0.3) is 11.3 Å². The van der Waals surface area contributed by atoms with Crippen LogP contribution in [-0.2, 0) is 22.6 Å². The van der Waals surface area contributed by atoms with Gasteiger partial charge in [0.2, 0.25) is 0 Å². The first-order valence-corrected chi connectivity index (χ1v) is 14.3. The Kier molecular flexibility index (Phi) is 7.72. The maximum absolute atomic E-state index is 15.3. The summed E-state index contributed by atoms with van der Waals surface area (Å²) in [5, 5.41) is 13.8. The molecule has 0 spiro atoms. The Bertz CT molecular complexity index is 1610.